The van der Waals surface area contributed by atoms with Crippen LogP contribution in [0.15, 0.2) is 41.8 Å². The molecule has 0 unspecified atom stereocenters. The Morgan fingerprint density at radius 2 is 1.96 bits per heavy atom. The summed E-state index contributed by atoms with van der Waals surface area (Å²) in [6.07, 6.45) is 0.563. The molecule has 0 fully saturated rings. The van der Waals surface area contributed by atoms with Gasteiger partial charge in [0.25, 0.3) is 5.91 Å². The van der Waals surface area contributed by atoms with Gasteiger partial charge < -0.3 is 14.8 Å². The summed E-state index contributed by atoms with van der Waals surface area (Å²) in [4.78, 5) is 23.9. The third-order valence-corrected chi connectivity index (χ3v) is 3.86. The average molecular weight is 333 g/mol. The molecule has 23 heavy (non-hydrogen) atoms. The second kappa shape index (κ2) is 8.95. The van der Waals surface area contributed by atoms with Gasteiger partial charge in [0, 0.05) is 6.54 Å². The lowest BCUT2D eigenvalue weighted by molar-refractivity contribution is -0.146. The number of carbonyl (C=O) groups excluding carboxylic acids is 2. The van der Waals surface area contributed by atoms with Crippen LogP contribution in [0.3, 0.4) is 0 Å². The fraction of sp³-hybridized carbons (Fsp3) is 0.294. The van der Waals surface area contributed by atoms with Gasteiger partial charge in [0.15, 0.2) is 6.61 Å². The van der Waals surface area contributed by atoms with Crippen LogP contribution in [0, 0.1) is 6.92 Å². The van der Waals surface area contributed by atoms with Crippen LogP contribution in [-0.4, -0.2) is 31.6 Å². The van der Waals surface area contributed by atoms with E-state index in [1.165, 1.54) is 11.3 Å². The molecule has 0 bridgehead atoms. The highest BCUT2D eigenvalue weighted by Crippen LogP contribution is 2.11. The molecule has 1 aromatic carbocycles. The molecule has 1 N–H and O–H groups in total. The molecule has 6 heteroatoms. The van der Waals surface area contributed by atoms with Crippen molar-refractivity contribution >= 4 is 23.2 Å². The lowest BCUT2D eigenvalue weighted by Gasteiger charge is -2.07. The number of ether oxygens (including phenoxy) is 2. The van der Waals surface area contributed by atoms with Crippen molar-refractivity contribution in [2.45, 2.75) is 13.3 Å². The van der Waals surface area contributed by atoms with Gasteiger partial charge in [0.05, 0.1) is 11.5 Å². The first-order valence-corrected chi connectivity index (χ1v) is 8.20. The standard InChI is InChI=1S/C17H19NO4S/c1-13-5-7-14(8-6-13)22-12-16(19)21-10-3-9-18-17(20)15-4-2-11-23-15/h2,4-8,11H,3,9-10,12H2,1H3,(H,18,20). The van der Waals surface area contributed by atoms with Crippen molar-refractivity contribution in [1.29, 1.82) is 0 Å². The predicted octanol–water partition coefficient (Wildman–Crippen LogP) is 2.80. The molecule has 0 radical (unpaired) electrons. The van der Waals surface area contributed by atoms with Crippen molar-refractivity contribution in [2.75, 3.05) is 19.8 Å². The zero-order valence-electron chi connectivity index (χ0n) is 12.9. The van der Waals surface area contributed by atoms with E-state index in [-0.39, 0.29) is 19.1 Å². The van der Waals surface area contributed by atoms with Crippen molar-refractivity contribution in [1.82, 2.24) is 5.32 Å². The van der Waals surface area contributed by atoms with E-state index in [4.69, 9.17) is 9.47 Å². The Morgan fingerprint density at radius 3 is 2.65 bits per heavy atom. The summed E-state index contributed by atoms with van der Waals surface area (Å²) in [5, 5.41) is 4.62. The minimum Gasteiger partial charge on any atom is -0.482 e. The number of benzene rings is 1. The number of aryl methyl sites for hydroxylation is 1. The third kappa shape index (κ3) is 6.12. The average Bonchev–Trinajstić information content (AvgIpc) is 3.08. The monoisotopic (exact) mass is 333 g/mol. The van der Waals surface area contributed by atoms with Crippen LogP contribution in [0.2, 0.25) is 0 Å². The summed E-state index contributed by atoms with van der Waals surface area (Å²) in [6.45, 7) is 2.57. The van der Waals surface area contributed by atoms with Gasteiger partial charge in [-0.15, -0.1) is 11.3 Å². The predicted molar refractivity (Wildman–Crippen MR) is 88.9 cm³/mol. The summed E-state index contributed by atoms with van der Waals surface area (Å²) >= 11 is 1.39. The normalized spacial score (nSPS) is 10.1. The number of hydrogen-bond donors (Lipinski definition) is 1. The van der Waals surface area contributed by atoms with E-state index in [2.05, 4.69) is 5.32 Å². The number of nitrogens with one attached hydrogen (secondary N) is 1. The van der Waals surface area contributed by atoms with Crippen molar-refractivity contribution in [3.8, 4) is 5.75 Å². The van der Waals surface area contributed by atoms with E-state index in [1.807, 2.05) is 42.6 Å². The second-order valence-corrected chi connectivity index (χ2v) is 5.86. The first-order chi connectivity index (χ1) is 11.1. The topological polar surface area (TPSA) is 64.6 Å². The molecule has 2 aromatic rings. The molecule has 0 atom stereocenters. The second-order valence-electron chi connectivity index (χ2n) is 4.91. The van der Waals surface area contributed by atoms with E-state index in [0.717, 1.165) is 5.56 Å². The van der Waals surface area contributed by atoms with Crippen LogP contribution in [0.4, 0.5) is 0 Å². The maximum atomic E-state index is 11.7. The third-order valence-electron chi connectivity index (χ3n) is 2.99. The molecule has 0 spiro atoms. The van der Waals surface area contributed by atoms with E-state index in [9.17, 15) is 9.59 Å². The fourth-order valence-corrected chi connectivity index (χ4v) is 2.41. The van der Waals surface area contributed by atoms with Gasteiger partial charge in [-0.25, -0.2) is 4.79 Å². The van der Waals surface area contributed by atoms with Gasteiger partial charge >= 0.3 is 5.97 Å². The molecular weight excluding hydrogens is 314 g/mol. The number of esters is 1. The molecule has 0 aliphatic rings. The van der Waals surface area contributed by atoms with E-state index in [1.54, 1.807) is 6.07 Å². The van der Waals surface area contributed by atoms with Gasteiger partial charge in [0.1, 0.15) is 5.75 Å². The molecule has 0 aliphatic carbocycles. The molecule has 5 nitrogen and oxygen atoms in total. The Labute approximate surface area is 139 Å². The molecule has 2 rings (SSSR count). The SMILES string of the molecule is Cc1ccc(OCC(=O)OCCCNC(=O)c2cccs2)cc1. The van der Waals surface area contributed by atoms with Crippen molar-refractivity contribution < 1.29 is 19.1 Å². The number of thiophene rings is 1. The van der Waals surface area contributed by atoms with Crippen LogP contribution >= 0.6 is 11.3 Å². The molecule has 0 saturated heterocycles. The molecule has 1 amide bonds. The summed E-state index contributed by atoms with van der Waals surface area (Å²) in [7, 11) is 0. The molecule has 0 aliphatic heterocycles. The lowest BCUT2D eigenvalue weighted by atomic mass is 10.2. The number of carbonyl (C=O) groups is 2. The van der Waals surface area contributed by atoms with Crippen LogP contribution in [0.1, 0.15) is 21.7 Å². The molecule has 122 valence electrons. The molecule has 1 heterocycles. The smallest absolute Gasteiger partial charge is 0.344 e. The first kappa shape index (κ1) is 17.0. The zero-order chi connectivity index (χ0) is 16.5. The quantitative estimate of drug-likeness (QED) is 0.596. The van der Waals surface area contributed by atoms with Crippen molar-refractivity contribution in [2.24, 2.45) is 0 Å². The molecular formula is C17H19NO4S. The first-order valence-electron chi connectivity index (χ1n) is 7.32. The van der Waals surface area contributed by atoms with E-state index < -0.39 is 5.97 Å². The zero-order valence-corrected chi connectivity index (χ0v) is 13.7. The van der Waals surface area contributed by atoms with Crippen LogP contribution in [-0.2, 0) is 9.53 Å². The maximum absolute atomic E-state index is 11.7. The van der Waals surface area contributed by atoms with Crippen LogP contribution < -0.4 is 10.1 Å². The van der Waals surface area contributed by atoms with E-state index >= 15 is 0 Å². The Balaban J connectivity index is 1.54. The van der Waals surface area contributed by atoms with Crippen molar-refractivity contribution in [3.05, 3.63) is 52.2 Å². The Bertz CT molecular complexity index is 623. The van der Waals surface area contributed by atoms with Gasteiger partial charge in [-0.2, -0.15) is 0 Å². The Kier molecular flexibility index (Phi) is 6.62. The lowest BCUT2D eigenvalue weighted by Crippen LogP contribution is -2.25. The van der Waals surface area contributed by atoms with Gasteiger partial charge in [0.2, 0.25) is 0 Å². The summed E-state index contributed by atoms with van der Waals surface area (Å²) < 4.78 is 10.4. The van der Waals surface area contributed by atoms with Crippen LogP contribution in [0.25, 0.3) is 0 Å². The number of hydrogen-bond acceptors (Lipinski definition) is 5. The van der Waals surface area contributed by atoms with Gasteiger partial charge in [-0.1, -0.05) is 23.8 Å². The largest absolute Gasteiger partial charge is 0.482 e. The van der Waals surface area contributed by atoms with Gasteiger partial charge in [-0.3, -0.25) is 4.79 Å². The number of rotatable bonds is 8. The highest BCUT2D eigenvalue weighted by atomic mass is 32.1. The maximum Gasteiger partial charge on any atom is 0.344 e. The fourth-order valence-electron chi connectivity index (χ4n) is 1.77. The highest BCUT2D eigenvalue weighted by Gasteiger charge is 2.06. The minimum atomic E-state index is -0.421. The number of amides is 1. The summed E-state index contributed by atoms with van der Waals surface area (Å²) in [6, 6.07) is 11.0. The Morgan fingerprint density at radius 1 is 1.17 bits per heavy atom. The molecule has 1 aromatic heterocycles. The van der Waals surface area contributed by atoms with Gasteiger partial charge in [-0.05, 0) is 36.9 Å². The molecule has 0 saturated carbocycles. The minimum absolute atomic E-state index is 0.103. The van der Waals surface area contributed by atoms with Crippen molar-refractivity contribution in [3.63, 3.8) is 0 Å². The summed E-state index contributed by atoms with van der Waals surface area (Å²) in [5.41, 5.74) is 1.13. The highest BCUT2D eigenvalue weighted by molar-refractivity contribution is 7.12. The summed E-state index contributed by atoms with van der Waals surface area (Å²) in [5.74, 6) is 0.111. The Hall–Kier alpha value is -2.34. The van der Waals surface area contributed by atoms with E-state index in [0.29, 0.717) is 23.6 Å². The van der Waals surface area contributed by atoms with Crippen LogP contribution in [0.5, 0.6) is 5.75 Å².